The SMILES string of the molecule is CCOCCCNc1nccn1C1CCC(C)C(C)C1. The molecule has 0 amide bonds. The minimum atomic E-state index is 0.609. The first-order valence-corrected chi connectivity index (χ1v) is 8.06. The van der Waals surface area contributed by atoms with Gasteiger partial charge in [0.15, 0.2) is 0 Å². The second-order valence-electron chi connectivity index (χ2n) is 6.06. The van der Waals surface area contributed by atoms with Crippen molar-refractivity contribution in [3.63, 3.8) is 0 Å². The van der Waals surface area contributed by atoms with Crippen molar-refractivity contribution in [1.82, 2.24) is 9.55 Å². The van der Waals surface area contributed by atoms with Gasteiger partial charge in [0.25, 0.3) is 0 Å². The van der Waals surface area contributed by atoms with E-state index in [-0.39, 0.29) is 0 Å². The molecule has 3 atom stereocenters. The van der Waals surface area contributed by atoms with Gasteiger partial charge >= 0.3 is 0 Å². The summed E-state index contributed by atoms with van der Waals surface area (Å²) in [6.45, 7) is 9.33. The van der Waals surface area contributed by atoms with E-state index in [0.717, 1.165) is 44.0 Å². The van der Waals surface area contributed by atoms with E-state index < -0.39 is 0 Å². The first kappa shape index (κ1) is 15.4. The summed E-state index contributed by atoms with van der Waals surface area (Å²) in [6.07, 6.45) is 8.93. The molecule has 1 fully saturated rings. The Morgan fingerprint density at radius 1 is 1.35 bits per heavy atom. The molecule has 114 valence electrons. The molecular weight excluding hydrogens is 250 g/mol. The molecule has 0 aliphatic heterocycles. The average Bonchev–Trinajstić information content (AvgIpc) is 2.90. The molecular formula is C16H29N3O. The molecule has 1 N–H and O–H groups in total. The molecule has 4 heteroatoms. The van der Waals surface area contributed by atoms with Crippen molar-refractivity contribution in [2.24, 2.45) is 11.8 Å². The molecule has 1 aliphatic rings. The lowest BCUT2D eigenvalue weighted by atomic mass is 9.79. The third-order valence-electron chi connectivity index (χ3n) is 4.59. The number of rotatable bonds is 7. The Hall–Kier alpha value is -1.03. The standard InChI is InChI=1S/C16H29N3O/c1-4-20-11-5-8-17-16-18-9-10-19(16)15-7-6-13(2)14(3)12-15/h9-10,13-15H,4-8,11-12H2,1-3H3,(H,17,18). The lowest BCUT2D eigenvalue weighted by Gasteiger charge is -2.33. The maximum absolute atomic E-state index is 5.36. The van der Waals surface area contributed by atoms with Gasteiger partial charge in [0.1, 0.15) is 0 Å². The van der Waals surface area contributed by atoms with Gasteiger partial charge in [-0.15, -0.1) is 0 Å². The summed E-state index contributed by atoms with van der Waals surface area (Å²) in [4.78, 5) is 4.46. The van der Waals surface area contributed by atoms with Gasteiger partial charge in [-0.1, -0.05) is 13.8 Å². The van der Waals surface area contributed by atoms with E-state index in [2.05, 4.69) is 34.9 Å². The van der Waals surface area contributed by atoms with E-state index in [1.165, 1.54) is 19.3 Å². The summed E-state index contributed by atoms with van der Waals surface area (Å²) in [5, 5.41) is 3.45. The molecule has 0 aromatic carbocycles. The normalized spacial score (nSPS) is 26.6. The van der Waals surface area contributed by atoms with Gasteiger partial charge in [-0.2, -0.15) is 0 Å². The first-order valence-electron chi connectivity index (χ1n) is 8.06. The van der Waals surface area contributed by atoms with Gasteiger partial charge < -0.3 is 14.6 Å². The third kappa shape index (κ3) is 3.98. The summed E-state index contributed by atoms with van der Waals surface area (Å²) in [7, 11) is 0. The van der Waals surface area contributed by atoms with Crippen LogP contribution in [0, 0.1) is 11.8 Å². The summed E-state index contributed by atoms with van der Waals surface area (Å²) < 4.78 is 7.69. The summed E-state index contributed by atoms with van der Waals surface area (Å²) in [5.74, 6) is 2.69. The van der Waals surface area contributed by atoms with Crippen LogP contribution in [0.5, 0.6) is 0 Å². The maximum Gasteiger partial charge on any atom is 0.203 e. The topological polar surface area (TPSA) is 39.1 Å². The molecule has 0 saturated heterocycles. The van der Waals surface area contributed by atoms with E-state index in [0.29, 0.717) is 6.04 Å². The van der Waals surface area contributed by atoms with Crippen molar-refractivity contribution in [1.29, 1.82) is 0 Å². The lowest BCUT2D eigenvalue weighted by Crippen LogP contribution is -2.24. The van der Waals surface area contributed by atoms with Gasteiger partial charge in [0, 0.05) is 38.2 Å². The summed E-state index contributed by atoms with van der Waals surface area (Å²) >= 11 is 0. The molecule has 4 nitrogen and oxygen atoms in total. The minimum absolute atomic E-state index is 0.609. The Morgan fingerprint density at radius 2 is 2.20 bits per heavy atom. The quantitative estimate of drug-likeness (QED) is 0.773. The highest BCUT2D eigenvalue weighted by atomic mass is 16.5. The van der Waals surface area contributed by atoms with Gasteiger partial charge in [0.2, 0.25) is 5.95 Å². The van der Waals surface area contributed by atoms with Crippen LogP contribution in [0.4, 0.5) is 5.95 Å². The highest BCUT2D eigenvalue weighted by Gasteiger charge is 2.26. The fourth-order valence-corrected chi connectivity index (χ4v) is 3.04. The van der Waals surface area contributed by atoms with E-state index in [4.69, 9.17) is 4.74 Å². The highest BCUT2D eigenvalue weighted by molar-refractivity contribution is 5.26. The smallest absolute Gasteiger partial charge is 0.203 e. The van der Waals surface area contributed by atoms with Crippen molar-refractivity contribution in [2.75, 3.05) is 25.1 Å². The number of imidazole rings is 1. The van der Waals surface area contributed by atoms with E-state index in [1.54, 1.807) is 0 Å². The Morgan fingerprint density at radius 3 is 2.95 bits per heavy atom. The van der Waals surface area contributed by atoms with Crippen LogP contribution >= 0.6 is 0 Å². The molecule has 0 radical (unpaired) electrons. The average molecular weight is 279 g/mol. The maximum atomic E-state index is 5.36. The second kappa shape index (κ2) is 7.67. The number of nitrogens with one attached hydrogen (secondary N) is 1. The zero-order valence-electron chi connectivity index (χ0n) is 13.1. The van der Waals surface area contributed by atoms with Crippen molar-refractivity contribution < 1.29 is 4.74 Å². The number of nitrogens with zero attached hydrogens (tertiary/aromatic N) is 2. The molecule has 3 unspecified atom stereocenters. The first-order chi connectivity index (χ1) is 9.72. The molecule has 0 bridgehead atoms. The van der Waals surface area contributed by atoms with Crippen molar-refractivity contribution in [3.8, 4) is 0 Å². The Kier molecular flexibility index (Phi) is 5.89. The Bertz CT molecular complexity index is 391. The van der Waals surface area contributed by atoms with Crippen LogP contribution in [-0.4, -0.2) is 29.3 Å². The Balaban J connectivity index is 1.85. The number of hydrogen-bond acceptors (Lipinski definition) is 3. The minimum Gasteiger partial charge on any atom is -0.382 e. The largest absolute Gasteiger partial charge is 0.382 e. The fourth-order valence-electron chi connectivity index (χ4n) is 3.04. The van der Waals surface area contributed by atoms with Gasteiger partial charge in [-0.05, 0) is 44.4 Å². The van der Waals surface area contributed by atoms with Crippen LogP contribution in [0.3, 0.4) is 0 Å². The van der Waals surface area contributed by atoms with Crippen LogP contribution in [0.25, 0.3) is 0 Å². The number of anilines is 1. The molecule has 1 aromatic heterocycles. The highest BCUT2D eigenvalue weighted by Crippen LogP contribution is 2.37. The third-order valence-corrected chi connectivity index (χ3v) is 4.59. The monoisotopic (exact) mass is 279 g/mol. The van der Waals surface area contributed by atoms with E-state index >= 15 is 0 Å². The molecule has 0 spiro atoms. The predicted octanol–water partition coefficient (Wildman–Crippen LogP) is 3.72. The summed E-state index contributed by atoms with van der Waals surface area (Å²) in [5.41, 5.74) is 0. The molecule has 1 aromatic rings. The van der Waals surface area contributed by atoms with E-state index in [9.17, 15) is 0 Å². The van der Waals surface area contributed by atoms with Gasteiger partial charge in [-0.25, -0.2) is 4.98 Å². The second-order valence-corrected chi connectivity index (χ2v) is 6.06. The van der Waals surface area contributed by atoms with Crippen LogP contribution in [0.2, 0.25) is 0 Å². The van der Waals surface area contributed by atoms with Crippen LogP contribution in [0.1, 0.15) is 52.5 Å². The zero-order chi connectivity index (χ0) is 14.4. The zero-order valence-corrected chi connectivity index (χ0v) is 13.1. The Labute approximate surface area is 122 Å². The number of ether oxygens (including phenoxy) is 1. The molecule has 1 aliphatic carbocycles. The number of hydrogen-bond donors (Lipinski definition) is 1. The fraction of sp³-hybridized carbons (Fsp3) is 0.812. The van der Waals surface area contributed by atoms with Crippen LogP contribution < -0.4 is 5.32 Å². The molecule has 1 heterocycles. The van der Waals surface area contributed by atoms with Crippen molar-refractivity contribution in [3.05, 3.63) is 12.4 Å². The van der Waals surface area contributed by atoms with Gasteiger partial charge in [0.05, 0.1) is 0 Å². The lowest BCUT2D eigenvalue weighted by molar-refractivity contribution is 0.147. The van der Waals surface area contributed by atoms with Crippen molar-refractivity contribution in [2.45, 2.75) is 52.5 Å². The van der Waals surface area contributed by atoms with Crippen LogP contribution in [0.15, 0.2) is 12.4 Å². The molecule has 20 heavy (non-hydrogen) atoms. The molecule has 1 saturated carbocycles. The number of aromatic nitrogens is 2. The van der Waals surface area contributed by atoms with Crippen LogP contribution in [-0.2, 0) is 4.74 Å². The van der Waals surface area contributed by atoms with Gasteiger partial charge in [-0.3, -0.25) is 0 Å². The van der Waals surface area contributed by atoms with Crippen molar-refractivity contribution >= 4 is 5.95 Å². The molecule has 2 rings (SSSR count). The summed E-state index contributed by atoms with van der Waals surface area (Å²) in [6, 6.07) is 0.609. The van der Waals surface area contributed by atoms with E-state index in [1.807, 2.05) is 13.1 Å². The predicted molar refractivity (Wildman–Crippen MR) is 83.0 cm³/mol.